The van der Waals surface area contributed by atoms with Gasteiger partial charge in [-0.25, -0.2) is 4.98 Å². The van der Waals surface area contributed by atoms with Crippen molar-refractivity contribution in [2.24, 2.45) is 0 Å². The van der Waals surface area contributed by atoms with Crippen LogP contribution in [0.2, 0.25) is 0 Å². The summed E-state index contributed by atoms with van der Waals surface area (Å²) in [7, 11) is 0. The normalized spacial score (nSPS) is 15.3. The van der Waals surface area contributed by atoms with Gasteiger partial charge in [-0.05, 0) is 27.3 Å². The van der Waals surface area contributed by atoms with Crippen molar-refractivity contribution in [3.05, 3.63) is 11.5 Å². The van der Waals surface area contributed by atoms with Crippen molar-refractivity contribution in [1.82, 2.24) is 10.3 Å². The third-order valence-electron chi connectivity index (χ3n) is 2.53. The zero-order valence-corrected chi connectivity index (χ0v) is 10.9. The molecular weight excluding hydrogens is 208 g/mol. The van der Waals surface area contributed by atoms with E-state index in [1.165, 1.54) is 0 Å². The topological polar surface area (TPSA) is 38.1 Å². The minimum absolute atomic E-state index is 0.461. The number of thioether (sulfide) groups is 1. The fraction of sp³-hybridized carbons (Fsp3) is 0.727. The number of hydrogen-bond donors (Lipinski definition) is 1. The van der Waals surface area contributed by atoms with Gasteiger partial charge < -0.3 is 9.73 Å². The lowest BCUT2D eigenvalue weighted by Gasteiger charge is -2.18. The molecule has 0 aromatic carbocycles. The van der Waals surface area contributed by atoms with E-state index in [1.54, 1.807) is 11.8 Å². The van der Waals surface area contributed by atoms with E-state index in [0.717, 1.165) is 23.2 Å². The Morgan fingerprint density at radius 3 is 2.53 bits per heavy atom. The Bertz CT molecular complexity index is 292. The number of aromatic nitrogens is 1. The van der Waals surface area contributed by atoms with Crippen LogP contribution in [-0.4, -0.2) is 22.8 Å². The second-order valence-electron chi connectivity index (χ2n) is 3.79. The summed E-state index contributed by atoms with van der Waals surface area (Å²) in [6, 6.07) is 0.465. The van der Waals surface area contributed by atoms with Gasteiger partial charge in [0.05, 0.1) is 5.69 Å². The highest BCUT2D eigenvalue weighted by Crippen LogP contribution is 2.26. The maximum Gasteiger partial charge on any atom is 0.256 e. The summed E-state index contributed by atoms with van der Waals surface area (Å²) in [6.07, 6.45) is 0. The van der Waals surface area contributed by atoms with Gasteiger partial charge in [-0.2, -0.15) is 0 Å². The molecule has 0 aliphatic heterocycles. The van der Waals surface area contributed by atoms with E-state index in [1.807, 2.05) is 13.8 Å². The van der Waals surface area contributed by atoms with Crippen LogP contribution >= 0.6 is 11.8 Å². The molecular formula is C11H20N2OS. The molecule has 2 atom stereocenters. The van der Waals surface area contributed by atoms with E-state index in [9.17, 15) is 0 Å². The quantitative estimate of drug-likeness (QED) is 0.786. The highest BCUT2D eigenvalue weighted by molar-refractivity contribution is 7.99. The van der Waals surface area contributed by atoms with E-state index in [4.69, 9.17) is 4.42 Å². The number of aryl methyl sites for hydroxylation is 2. The molecule has 1 heterocycles. The predicted octanol–water partition coefficient (Wildman–Crippen LogP) is 2.77. The lowest BCUT2D eigenvalue weighted by Crippen LogP contribution is -2.33. The first-order valence-corrected chi connectivity index (χ1v) is 6.26. The minimum Gasteiger partial charge on any atom is -0.437 e. The van der Waals surface area contributed by atoms with Crippen molar-refractivity contribution < 1.29 is 4.42 Å². The first-order valence-electron chi connectivity index (χ1n) is 5.38. The molecule has 86 valence electrons. The summed E-state index contributed by atoms with van der Waals surface area (Å²) < 4.78 is 5.54. The van der Waals surface area contributed by atoms with Crippen molar-refractivity contribution >= 4 is 11.8 Å². The second kappa shape index (κ2) is 5.56. The van der Waals surface area contributed by atoms with Gasteiger partial charge in [0, 0.05) is 11.3 Å². The molecule has 0 spiro atoms. The Morgan fingerprint density at radius 2 is 2.07 bits per heavy atom. The summed E-state index contributed by atoms with van der Waals surface area (Å²) in [6.45, 7) is 11.4. The summed E-state index contributed by atoms with van der Waals surface area (Å²) >= 11 is 1.69. The average Bonchev–Trinajstić information content (AvgIpc) is 2.46. The molecule has 15 heavy (non-hydrogen) atoms. The fourth-order valence-electron chi connectivity index (χ4n) is 1.24. The Balaban J connectivity index is 2.54. The predicted molar refractivity (Wildman–Crippen MR) is 64.4 cm³/mol. The first-order chi connectivity index (χ1) is 7.04. The lowest BCUT2D eigenvalue weighted by atomic mass is 10.2. The van der Waals surface area contributed by atoms with Gasteiger partial charge in [0.25, 0.3) is 5.22 Å². The van der Waals surface area contributed by atoms with E-state index in [2.05, 4.69) is 31.1 Å². The van der Waals surface area contributed by atoms with E-state index in [-0.39, 0.29) is 0 Å². The maximum atomic E-state index is 5.54. The standard InChI is InChI=1S/C11H20N2OS/c1-6-12-8(3)10(5)15-11-13-7(2)9(4)14-11/h8,10,12H,6H2,1-5H3. The van der Waals surface area contributed by atoms with Crippen molar-refractivity contribution in [1.29, 1.82) is 0 Å². The van der Waals surface area contributed by atoms with Crippen LogP contribution in [0.3, 0.4) is 0 Å². The van der Waals surface area contributed by atoms with Crippen LogP contribution in [0, 0.1) is 13.8 Å². The van der Waals surface area contributed by atoms with Crippen LogP contribution < -0.4 is 5.32 Å². The van der Waals surface area contributed by atoms with Gasteiger partial charge in [0.1, 0.15) is 5.76 Å². The third-order valence-corrected chi connectivity index (χ3v) is 3.68. The number of nitrogens with one attached hydrogen (secondary N) is 1. The highest BCUT2D eigenvalue weighted by Gasteiger charge is 2.16. The van der Waals surface area contributed by atoms with Gasteiger partial charge in [0.15, 0.2) is 0 Å². The lowest BCUT2D eigenvalue weighted by molar-refractivity contribution is 0.428. The molecule has 0 saturated heterocycles. The van der Waals surface area contributed by atoms with Gasteiger partial charge >= 0.3 is 0 Å². The Labute approximate surface area is 96.0 Å². The Kier molecular flexibility index (Phi) is 4.67. The highest BCUT2D eigenvalue weighted by atomic mass is 32.2. The van der Waals surface area contributed by atoms with Gasteiger partial charge in [0.2, 0.25) is 0 Å². The zero-order valence-electron chi connectivity index (χ0n) is 10.1. The number of oxazole rings is 1. The molecule has 1 aromatic rings. The van der Waals surface area contributed by atoms with E-state index in [0.29, 0.717) is 11.3 Å². The average molecular weight is 228 g/mol. The maximum absolute atomic E-state index is 5.54. The van der Waals surface area contributed by atoms with Crippen LogP contribution in [0.15, 0.2) is 9.64 Å². The summed E-state index contributed by atoms with van der Waals surface area (Å²) in [5.74, 6) is 0.917. The molecule has 0 radical (unpaired) electrons. The Morgan fingerprint density at radius 1 is 1.40 bits per heavy atom. The SMILES string of the molecule is CCNC(C)C(C)Sc1nc(C)c(C)o1. The van der Waals surface area contributed by atoms with Gasteiger partial charge in [-0.15, -0.1) is 0 Å². The van der Waals surface area contributed by atoms with Gasteiger partial charge in [-0.3, -0.25) is 0 Å². The van der Waals surface area contributed by atoms with Crippen LogP contribution in [0.4, 0.5) is 0 Å². The van der Waals surface area contributed by atoms with Gasteiger partial charge in [-0.1, -0.05) is 25.6 Å². The molecule has 0 amide bonds. The molecule has 1 aromatic heterocycles. The van der Waals surface area contributed by atoms with Crippen molar-refractivity contribution in [2.75, 3.05) is 6.54 Å². The van der Waals surface area contributed by atoms with Crippen LogP contribution in [-0.2, 0) is 0 Å². The smallest absolute Gasteiger partial charge is 0.256 e. The molecule has 3 nitrogen and oxygen atoms in total. The third kappa shape index (κ3) is 3.54. The van der Waals surface area contributed by atoms with Crippen LogP contribution in [0.5, 0.6) is 0 Å². The van der Waals surface area contributed by atoms with Crippen molar-refractivity contribution in [3.8, 4) is 0 Å². The van der Waals surface area contributed by atoms with E-state index < -0.39 is 0 Å². The number of nitrogens with zero attached hydrogens (tertiary/aromatic N) is 1. The summed E-state index contributed by atoms with van der Waals surface area (Å²) in [5.41, 5.74) is 0.987. The van der Waals surface area contributed by atoms with Crippen molar-refractivity contribution in [2.45, 2.75) is 51.1 Å². The number of rotatable bonds is 5. The molecule has 0 aliphatic carbocycles. The molecule has 4 heteroatoms. The molecule has 0 fully saturated rings. The monoisotopic (exact) mass is 228 g/mol. The molecule has 0 saturated carbocycles. The molecule has 1 rings (SSSR count). The van der Waals surface area contributed by atoms with E-state index >= 15 is 0 Å². The molecule has 2 unspecified atom stereocenters. The zero-order chi connectivity index (χ0) is 11.4. The largest absolute Gasteiger partial charge is 0.437 e. The minimum atomic E-state index is 0.461. The molecule has 0 bridgehead atoms. The first kappa shape index (κ1) is 12.6. The van der Waals surface area contributed by atoms with Crippen LogP contribution in [0.25, 0.3) is 0 Å². The molecule has 1 N–H and O–H groups in total. The van der Waals surface area contributed by atoms with Crippen LogP contribution in [0.1, 0.15) is 32.2 Å². The number of hydrogen-bond acceptors (Lipinski definition) is 4. The van der Waals surface area contributed by atoms with Crippen molar-refractivity contribution in [3.63, 3.8) is 0 Å². The summed E-state index contributed by atoms with van der Waals surface area (Å²) in [4.78, 5) is 4.36. The fourth-order valence-corrected chi connectivity index (χ4v) is 2.22. The second-order valence-corrected chi connectivity index (χ2v) is 5.12. The summed E-state index contributed by atoms with van der Waals surface area (Å²) in [5, 5.41) is 4.64. The molecule has 0 aliphatic rings. The Hall–Kier alpha value is -0.480.